The molecule has 0 aliphatic rings. The van der Waals surface area contributed by atoms with E-state index in [4.69, 9.17) is 1.37 Å². The first kappa shape index (κ1) is 16.1. The molecule has 0 amide bonds. The highest BCUT2D eigenvalue weighted by molar-refractivity contribution is 7.26. The monoisotopic (exact) mass is 390 g/mol. The highest BCUT2D eigenvalue weighted by Gasteiger charge is 2.17. The van der Waals surface area contributed by atoms with Crippen LogP contribution >= 0.6 is 11.3 Å². The predicted molar refractivity (Wildman–Crippen MR) is 114 cm³/mol. The van der Waals surface area contributed by atoms with E-state index in [1.54, 1.807) is 26.0 Å². The molecular weight excluding hydrogens is 372 g/mol. The van der Waals surface area contributed by atoms with Crippen molar-refractivity contribution >= 4 is 42.3 Å². The molecule has 0 aliphatic heterocycles. The van der Waals surface area contributed by atoms with Crippen molar-refractivity contribution in [3.05, 3.63) is 78.0 Å². The Morgan fingerprint density at radius 1 is 1.00 bits per heavy atom. The van der Waals surface area contributed by atoms with E-state index in [9.17, 15) is 8.78 Å². The maximum absolute atomic E-state index is 14.3. The number of benzene rings is 3. The number of thiophene rings is 1. The molecule has 28 heavy (non-hydrogen) atoms. The average molecular weight is 390 g/mol. The average Bonchev–Trinajstić information content (AvgIpc) is 3.05. The Bertz CT molecular complexity index is 1420. The first-order valence-electron chi connectivity index (χ1n) is 9.53. The van der Waals surface area contributed by atoms with E-state index in [1.165, 1.54) is 23.6 Å². The lowest BCUT2D eigenvalue weighted by Gasteiger charge is -2.11. The fourth-order valence-corrected chi connectivity index (χ4v) is 5.03. The Balaban J connectivity index is 1.92. The van der Waals surface area contributed by atoms with Crippen LogP contribution in [0.15, 0.2) is 60.8 Å². The van der Waals surface area contributed by atoms with Crippen molar-refractivity contribution in [2.75, 3.05) is 0 Å². The molecule has 0 aliphatic carbocycles. The third-order valence-electron chi connectivity index (χ3n) is 5.10. The molecule has 0 radical (unpaired) electrons. The Morgan fingerprint density at radius 2 is 1.82 bits per heavy atom. The van der Waals surface area contributed by atoms with Crippen LogP contribution in [-0.4, -0.2) is 4.98 Å². The Kier molecular flexibility index (Phi) is 3.66. The maximum Gasteiger partial charge on any atom is 0.144 e. The fourth-order valence-electron chi connectivity index (χ4n) is 3.76. The number of fused-ring (bicyclic) bond motifs is 5. The van der Waals surface area contributed by atoms with E-state index in [2.05, 4.69) is 11.1 Å². The minimum absolute atomic E-state index is 0.270. The van der Waals surface area contributed by atoms with Crippen LogP contribution in [0, 0.1) is 11.6 Å². The zero-order chi connectivity index (χ0) is 20.3. The zero-order valence-corrected chi connectivity index (χ0v) is 16.2. The summed E-state index contributed by atoms with van der Waals surface area (Å²) in [6.07, 6.45) is 1.19. The molecule has 0 atom stereocenters. The molecule has 0 unspecified atom stereocenters. The van der Waals surface area contributed by atoms with Gasteiger partial charge in [-0.1, -0.05) is 38.1 Å². The topological polar surface area (TPSA) is 12.9 Å². The molecule has 0 saturated heterocycles. The molecular formula is C24H17F2NS. The predicted octanol–water partition coefficient (Wildman–Crippen LogP) is 7.67. The lowest BCUT2D eigenvalue weighted by Crippen LogP contribution is -1.96. The summed E-state index contributed by atoms with van der Waals surface area (Å²) in [6.45, 7) is 3.32. The SMILES string of the molecule is [2H]C(C)(C)c1cc(-c2cc3ccccc3c3c2sc2cc(F)ccc23)ncc1F. The second kappa shape index (κ2) is 6.35. The molecule has 0 N–H and O–H groups in total. The lowest BCUT2D eigenvalue weighted by atomic mass is 9.96. The molecule has 4 heteroatoms. The first-order chi connectivity index (χ1) is 13.8. The molecule has 3 aromatic carbocycles. The molecule has 5 aromatic rings. The molecule has 2 heterocycles. The van der Waals surface area contributed by atoms with Crippen molar-refractivity contribution in [3.8, 4) is 11.3 Å². The van der Waals surface area contributed by atoms with E-state index >= 15 is 0 Å². The summed E-state index contributed by atoms with van der Waals surface area (Å²) in [7, 11) is 0. The van der Waals surface area contributed by atoms with Gasteiger partial charge in [0, 0.05) is 27.1 Å². The van der Waals surface area contributed by atoms with Crippen LogP contribution in [0.1, 0.15) is 26.7 Å². The fraction of sp³-hybridized carbons (Fsp3) is 0.125. The van der Waals surface area contributed by atoms with E-state index in [-0.39, 0.29) is 5.82 Å². The van der Waals surface area contributed by atoms with E-state index in [1.807, 2.05) is 30.3 Å². The van der Waals surface area contributed by atoms with E-state index in [0.717, 1.165) is 36.5 Å². The van der Waals surface area contributed by atoms with Crippen LogP contribution in [0.5, 0.6) is 0 Å². The molecule has 0 bridgehead atoms. The van der Waals surface area contributed by atoms with E-state index in [0.29, 0.717) is 11.3 Å². The Hall–Kier alpha value is -2.85. The summed E-state index contributed by atoms with van der Waals surface area (Å²) in [6, 6.07) is 16.6. The summed E-state index contributed by atoms with van der Waals surface area (Å²) >= 11 is 1.51. The van der Waals surface area contributed by atoms with Gasteiger partial charge < -0.3 is 0 Å². The Morgan fingerprint density at radius 3 is 2.64 bits per heavy atom. The van der Waals surface area contributed by atoms with Crippen LogP contribution in [0.3, 0.4) is 0 Å². The number of nitrogens with zero attached hydrogens (tertiary/aromatic N) is 1. The van der Waals surface area contributed by atoms with Crippen molar-refractivity contribution < 1.29 is 10.2 Å². The number of hydrogen-bond donors (Lipinski definition) is 0. The summed E-state index contributed by atoms with van der Waals surface area (Å²) in [5, 5.41) is 4.17. The van der Waals surface area contributed by atoms with Gasteiger partial charge in [0.25, 0.3) is 0 Å². The summed E-state index contributed by atoms with van der Waals surface area (Å²) in [5.41, 5.74) is 1.78. The number of rotatable bonds is 2. The van der Waals surface area contributed by atoms with Crippen molar-refractivity contribution in [2.24, 2.45) is 0 Å². The standard InChI is InChI=1S/C24H17F2NS/c1-13(2)18-11-21(27-12-20(18)26)19-9-14-5-3-4-6-16(14)23-17-8-7-15(25)10-22(17)28-24(19)23/h3-13H,1-2H3/i13D. The number of aromatic nitrogens is 1. The highest BCUT2D eigenvalue weighted by atomic mass is 32.1. The molecule has 138 valence electrons. The Labute approximate surface area is 166 Å². The minimum atomic E-state index is -1.08. The lowest BCUT2D eigenvalue weighted by molar-refractivity contribution is 0.592. The summed E-state index contributed by atoms with van der Waals surface area (Å²) in [5.74, 6) is -1.83. The zero-order valence-electron chi connectivity index (χ0n) is 16.4. The highest BCUT2D eigenvalue weighted by Crippen LogP contribution is 2.44. The van der Waals surface area contributed by atoms with Crippen molar-refractivity contribution in [3.63, 3.8) is 0 Å². The van der Waals surface area contributed by atoms with Crippen LogP contribution in [0.25, 0.3) is 42.2 Å². The van der Waals surface area contributed by atoms with Crippen LogP contribution in [0.4, 0.5) is 8.78 Å². The van der Waals surface area contributed by atoms with Crippen molar-refractivity contribution in [2.45, 2.75) is 19.7 Å². The molecule has 5 rings (SSSR count). The van der Waals surface area contributed by atoms with Gasteiger partial charge in [0.2, 0.25) is 0 Å². The smallest absolute Gasteiger partial charge is 0.144 e. The van der Waals surface area contributed by atoms with Crippen LogP contribution < -0.4 is 0 Å². The van der Waals surface area contributed by atoms with Gasteiger partial charge in [0.15, 0.2) is 0 Å². The van der Waals surface area contributed by atoms with Gasteiger partial charge >= 0.3 is 0 Å². The number of hydrogen-bond acceptors (Lipinski definition) is 2. The first-order valence-corrected chi connectivity index (χ1v) is 9.84. The van der Waals surface area contributed by atoms with Crippen molar-refractivity contribution in [1.82, 2.24) is 4.98 Å². The molecule has 1 nitrogen and oxygen atoms in total. The molecule has 0 fully saturated rings. The molecule has 0 saturated carbocycles. The maximum atomic E-state index is 14.3. The summed E-state index contributed by atoms with van der Waals surface area (Å²) < 4.78 is 38.3. The van der Waals surface area contributed by atoms with E-state index < -0.39 is 11.7 Å². The normalized spacial score (nSPS) is 12.8. The summed E-state index contributed by atoms with van der Waals surface area (Å²) in [4.78, 5) is 4.34. The van der Waals surface area contributed by atoms with Gasteiger partial charge in [0.05, 0.1) is 11.9 Å². The molecule has 0 spiro atoms. The second-order valence-electron chi connectivity index (χ2n) is 7.14. The van der Waals surface area contributed by atoms with Gasteiger partial charge in [-0.2, -0.15) is 0 Å². The van der Waals surface area contributed by atoms with Gasteiger partial charge in [-0.25, -0.2) is 8.78 Å². The largest absolute Gasteiger partial charge is 0.253 e. The van der Waals surface area contributed by atoms with Gasteiger partial charge in [0.1, 0.15) is 11.6 Å². The minimum Gasteiger partial charge on any atom is -0.253 e. The third kappa shape index (κ3) is 2.60. The third-order valence-corrected chi connectivity index (χ3v) is 6.28. The quantitative estimate of drug-likeness (QED) is 0.301. The van der Waals surface area contributed by atoms with Gasteiger partial charge in [-0.15, -0.1) is 11.3 Å². The van der Waals surface area contributed by atoms with Crippen molar-refractivity contribution in [1.29, 1.82) is 0 Å². The van der Waals surface area contributed by atoms with Gasteiger partial charge in [-0.3, -0.25) is 4.98 Å². The molecule has 2 aromatic heterocycles. The number of pyridine rings is 1. The second-order valence-corrected chi connectivity index (χ2v) is 8.19. The van der Waals surface area contributed by atoms with Gasteiger partial charge in [-0.05, 0) is 52.6 Å². The van der Waals surface area contributed by atoms with Crippen LogP contribution in [-0.2, 0) is 0 Å². The number of halogens is 2. The van der Waals surface area contributed by atoms with Crippen LogP contribution in [0.2, 0.25) is 0 Å².